The van der Waals surface area contributed by atoms with Gasteiger partial charge in [0.1, 0.15) is 16.7 Å². The Hall–Kier alpha value is -2.19. The van der Waals surface area contributed by atoms with E-state index in [0.717, 1.165) is 23.8 Å². The van der Waals surface area contributed by atoms with Crippen molar-refractivity contribution in [2.75, 3.05) is 0 Å². The summed E-state index contributed by atoms with van der Waals surface area (Å²) in [4.78, 5) is 0. The van der Waals surface area contributed by atoms with Crippen molar-refractivity contribution in [1.29, 1.82) is 0 Å². The monoisotopic (exact) mass is 494 g/mol. The predicted molar refractivity (Wildman–Crippen MR) is 144 cm³/mol. The Morgan fingerprint density at radius 2 is 1.09 bits per heavy atom. The van der Waals surface area contributed by atoms with E-state index in [-0.39, 0.29) is 0 Å². The van der Waals surface area contributed by atoms with Crippen molar-refractivity contribution in [3.63, 3.8) is 0 Å². The second-order valence-electron chi connectivity index (χ2n) is 10.3. The summed E-state index contributed by atoms with van der Waals surface area (Å²) in [5, 5.41) is -0.448. The zero-order valence-electron chi connectivity index (χ0n) is 20.8. The largest absolute Gasteiger partial charge is 0.205 e. The molecule has 0 aliphatic heterocycles. The molecule has 0 spiro atoms. The minimum absolute atomic E-state index is 0.448. The standard InChI is InChI=1S/C32H37ClF2/c1-2-3-4-23-5-7-24(8-6-23)9-10-25-11-13-26(14-12-25)15-16-27-17-19-28(20-18-27)29-21-30(34)32(33)31(35)22-29/h5-8,17-22,25-26H,2-4,9-16H2,1H3. The molecule has 35 heavy (non-hydrogen) atoms. The zero-order valence-corrected chi connectivity index (χ0v) is 21.6. The van der Waals surface area contributed by atoms with Crippen LogP contribution in [0.15, 0.2) is 60.7 Å². The molecule has 0 atom stereocenters. The maximum absolute atomic E-state index is 13.8. The maximum Gasteiger partial charge on any atom is 0.145 e. The van der Waals surface area contributed by atoms with Gasteiger partial charge in [-0.2, -0.15) is 0 Å². The van der Waals surface area contributed by atoms with Gasteiger partial charge in [-0.3, -0.25) is 0 Å². The second kappa shape index (κ2) is 12.7. The molecule has 1 aliphatic carbocycles. The third-order valence-corrected chi connectivity index (χ3v) is 8.12. The van der Waals surface area contributed by atoms with E-state index in [1.54, 1.807) is 0 Å². The number of halogens is 3. The van der Waals surface area contributed by atoms with Gasteiger partial charge in [0, 0.05) is 0 Å². The highest BCUT2D eigenvalue weighted by molar-refractivity contribution is 6.31. The fourth-order valence-electron chi connectivity index (χ4n) is 5.39. The van der Waals surface area contributed by atoms with Crippen LogP contribution in [-0.4, -0.2) is 0 Å². The van der Waals surface area contributed by atoms with Crippen LogP contribution in [0.3, 0.4) is 0 Å². The first-order valence-electron chi connectivity index (χ1n) is 13.3. The highest BCUT2D eigenvalue weighted by Gasteiger charge is 2.21. The molecular weight excluding hydrogens is 458 g/mol. The Morgan fingerprint density at radius 3 is 1.54 bits per heavy atom. The summed E-state index contributed by atoms with van der Waals surface area (Å²) < 4.78 is 27.5. The van der Waals surface area contributed by atoms with Crippen LogP contribution in [-0.2, 0) is 19.3 Å². The number of hydrogen-bond donors (Lipinski definition) is 0. The average molecular weight is 495 g/mol. The van der Waals surface area contributed by atoms with Gasteiger partial charge >= 0.3 is 0 Å². The summed E-state index contributed by atoms with van der Waals surface area (Å²) in [6, 6.07) is 20.0. The first-order valence-corrected chi connectivity index (χ1v) is 13.7. The summed E-state index contributed by atoms with van der Waals surface area (Å²) >= 11 is 5.60. The van der Waals surface area contributed by atoms with Crippen molar-refractivity contribution in [1.82, 2.24) is 0 Å². The maximum atomic E-state index is 13.8. The molecule has 0 amide bonds. The van der Waals surface area contributed by atoms with Crippen LogP contribution >= 0.6 is 11.6 Å². The van der Waals surface area contributed by atoms with Gasteiger partial charge < -0.3 is 0 Å². The van der Waals surface area contributed by atoms with Crippen molar-refractivity contribution in [3.8, 4) is 11.1 Å². The Kier molecular flexibility index (Phi) is 9.38. The normalized spacial score (nSPS) is 18.1. The first kappa shape index (κ1) is 25.9. The molecule has 4 rings (SSSR count). The molecule has 1 aliphatic rings. The fourth-order valence-corrected chi connectivity index (χ4v) is 5.50. The molecule has 0 N–H and O–H groups in total. The lowest BCUT2D eigenvalue weighted by Crippen LogP contribution is -2.15. The van der Waals surface area contributed by atoms with Crippen molar-refractivity contribution in [2.45, 2.75) is 77.6 Å². The van der Waals surface area contributed by atoms with Crippen LogP contribution < -0.4 is 0 Å². The fraction of sp³-hybridized carbons (Fsp3) is 0.438. The molecular formula is C32H37ClF2. The lowest BCUT2D eigenvalue weighted by molar-refractivity contribution is 0.253. The zero-order chi connectivity index (χ0) is 24.6. The molecule has 3 aromatic carbocycles. The van der Waals surface area contributed by atoms with E-state index in [1.165, 1.54) is 93.0 Å². The van der Waals surface area contributed by atoms with Gasteiger partial charge in [0.2, 0.25) is 0 Å². The number of aryl methyl sites for hydroxylation is 3. The quantitative estimate of drug-likeness (QED) is 0.246. The first-order chi connectivity index (χ1) is 17.0. The van der Waals surface area contributed by atoms with E-state index < -0.39 is 16.7 Å². The number of rotatable bonds is 10. The molecule has 0 unspecified atom stereocenters. The van der Waals surface area contributed by atoms with Gasteiger partial charge in [-0.25, -0.2) is 8.78 Å². The van der Waals surface area contributed by atoms with Crippen molar-refractivity contribution in [3.05, 3.63) is 94.0 Å². The van der Waals surface area contributed by atoms with Crippen LogP contribution in [0.1, 0.15) is 75.0 Å². The highest BCUT2D eigenvalue weighted by atomic mass is 35.5. The average Bonchev–Trinajstić information content (AvgIpc) is 2.89. The molecule has 0 heterocycles. The number of hydrogen-bond acceptors (Lipinski definition) is 0. The molecule has 3 heteroatoms. The van der Waals surface area contributed by atoms with Crippen LogP contribution in [0.25, 0.3) is 11.1 Å². The summed E-state index contributed by atoms with van der Waals surface area (Å²) in [6.07, 6.45) is 13.9. The molecule has 0 saturated heterocycles. The number of unbranched alkanes of at least 4 members (excludes halogenated alkanes) is 1. The van der Waals surface area contributed by atoms with Crippen LogP contribution in [0.4, 0.5) is 8.78 Å². The summed E-state index contributed by atoms with van der Waals surface area (Å²) in [6.45, 7) is 2.25. The Balaban J connectivity index is 1.18. The lowest BCUT2D eigenvalue weighted by Gasteiger charge is -2.28. The van der Waals surface area contributed by atoms with E-state index in [0.29, 0.717) is 5.56 Å². The van der Waals surface area contributed by atoms with E-state index in [4.69, 9.17) is 11.6 Å². The minimum Gasteiger partial charge on any atom is -0.205 e. The van der Waals surface area contributed by atoms with E-state index in [9.17, 15) is 8.78 Å². The van der Waals surface area contributed by atoms with Gasteiger partial charge in [0.15, 0.2) is 0 Å². The minimum atomic E-state index is -0.721. The highest BCUT2D eigenvalue weighted by Crippen LogP contribution is 2.34. The summed E-state index contributed by atoms with van der Waals surface area (Å²) in [5.41, 5.74) is 5.56. The third-order valence-electron chi connectivity index (χ3n) is 7.76. The van der Waals surface area contributed by atoms with Crippen LogP contribution in [0.2, 0.25) is 5.02 Å². The Labute approximate surface area is 214 Å². The van der Waals surface area contributed by atoms with Crippen LogP contribution in [0, 0.1) is 23.5 Å². The van der Waals surface area contributed by atoms with Gasteiger partial charge in [-0.05, 0) is 90.3 Å². The van der Waals surface area contributed by atoms with Crippen molar-refractivity contribution in [2.24, 2.45) is 11.8 Å². The molecule has 0 nitrogen and oxygen atoms in total. The molecule has 0 radical (unpaired) electrons. The Morgan fingerprint density at radius 1 is 0.657 bits per heavy atom. The molecule has 3 aromatic rings. The molecule has 1 fully saturated rings. The Bertz CT molecular complexity index is 1040. The summed E-state index contributed by atoms with van der Waals surface area (Å²) in [5.74, 6) is 0.233. The molecule has 0 bridgehead atoms. The van der Waals surface area contributed by atoms with E-state index in [2.05, 4.69) is 43.3 Å². The van der Waals surface area contributed by atoms with Crippen molar-refractivity contribution < 1.29 is 8.78 Å². The van der Waals surface area contributed by atoms with Gasteiger partial charge in [-0.1, -0.05) is 99.2 Å². The third kappa shape index (κ3) is 7.40. The van der Waals surface area contributed by atoms with Gasteiger partial charge in [0.05, 0.1) is 0 Å². The molecule has 186 valence electrons. The number of benzene rings is 3. The SMILES string of the molecule is CCCCc1ccc(CCC2CCC(CCc3ccc(-c4cc(F)c(Cl)c(F)c4)cc3)CC2)cc1. The molecule has 1 saturated carbocycles. The van der Waals surface area contributed by atoms with E-state index >= 15 is 0 Å². The topological polar surface area (TPSA) is 0 Å². The lowest BCUT2D eigenvalue weighted by atomic mass is 9.77. The van der Waals surface area contributed by atoms with Crippen molar-refractivity contribution >= 4 is 11.6 Å². The second-order valence-corrected chi connectivity index (χ2v) is 10.7. The smallest absolute Gasteiger partial charge is 0.145 e. The summed E-state index contributed by atoms with van der Waals surface area (Å²) in [7, 11) is 0. The van der Waals surface area contributed by atoms with Gasteiger partial charge in [0.25, 0.3) is 0 Å². The van der Waals surface area contributed by atoms with Crippen LogP contribution in [0.5, 0.6) is 0 Å². The predicted octanol–water partition coefficient (Wildman–Crippen LogP) is 10.00. The molecule has 0 aromatic heterocycles. The van der Waals surface area contributed by atoms with E-state index in [1.807, 2.05) is 12.1 Å². The van der Waals surface area contributed by atoms with Gasteiger partial charge in [-0.15, -0.1) is 0 Å².